The average molecular weight is 187 g/mol. The first kappa shape index (κ1) is 9.94. The Bertz CT molecular complexity index is 370. The highest BCUT2D eigenvalue weighted by Crippen LogP contribution is 2.04. The van der Waals surface area contributed by atoms with Crippen LogP contribution in [0.3, 0.4) is 0 Å². The fourth-order valence-electron chi connectivity index (χ4n) is 0.909. The van der Waals surface area contributed by atoms with Gasteiger partial charge in [0.1, 0.15) is 11.9 Å². The van der Waals surface area contributed by atoms with Crippen molar-refractivity contribution in [3.8, 4) is 12.1 Å². The quantitative estimate of drug-likeness (QED) is 0.764. The SMILES string of the molecule is CC(CC#N)Nc1ccc(C#N)nn1. The molecule has 1 heterocycles. The molecule has 1 N–H and O–H groups in total. The van der Waals surface area contributed by atoms with Crippen LogP contribution >= 0.6 is 0 Å². The zero-order valence-electron chi connectivity index (χ0n) is 7.73. The molecule has 1 aromatic heterocycles. The van der Waals surface area contributed by atoms with Crippen LogP contribution in [0.25, 0.3) is 0 Å². The molecule has 0 fully saturated rings. The van der Waals surface area contributed by atoms with Gasteiger partial charge in [0.25, 0.3) is 0 Å². The summed E-state index contributed by atoms with van der Waals surface area (Å²) in [4.78, 5) is 0. The zero-order valence-corrected chi connectivity index (χ0v) is 7.73. The van der Waals surface area contributed by atoms with E-state index >= 15 is 0 Å². The molecule has 0 aliphatic rings. The van der Waals surface area contributed by atoms with E-state index in [1.54, 1.807) is 12.1 Å². The molecule has 1 unspecified atom stereocenters. The molecule has 5 nitrogen and oxygen atoms in total. The average Bonchev–Trinajstić information content (AvgIpc) is 2.19. The van der Waals surface area contributed by atoms with E-state index in [0.29, 0.717) is 12.2 Å². The van der Waals surface area contributed by atoms with Crippen LogP contribution in [0.1, 0.15) is 19.0 Å². The summed E-state index contributed by atoms with van der Waals surface area (Å²) < 4.78 is 0. The molecule has 5 heteroatoms. The predicted molar refractivity (Wildman–Crippen MR) is 50.1 cm³/mol. The number of nitrogens with one attached hydrogen (secondary N) is 1. The molecule has 0 aliphatic carbocycles. The third kappa shape index (κ3) is 2.72. The van der Waals surface area contributed by atoms with Crippen molar-refractivity contribution in [2.24, 2.45) is 0 Å². The topological polar surface area (TPSA) is 85.4 Å². The summed E-state index contributed by atoms with van der Waals surface area (Å²) in [5, 5.41) is 27.3. The summed E-state index contributed by atoms with van der Waals surface area (Å²) in [6.07, 6.45) is 0.404. The first-order chi connectivity index (χ1) is 6.76. The van der Waals surface area contributed by atoms with Gasteiger partial charge in [-0.05, 0) is 19.1 Å². The Morgan fingerprint density at radius 2 is 2.21 bits per heavy atom. The molecule has 0 bridgehead atoms. The Morgan fingerprint density at radius 3 is 2.71 bits per heavy atom. The summed E-state index contributed by atoms with van der Waals surface area (Å²) in [6, 6.07) is 7.20. The van der Waals surface area contributed by atoms with Crippen LogP contribution in [0.5, 0.6) is 0 Å². The van der Waals surface area contributed by atoms with Crippen LogP contribution in [-0.4, -0.2) is 16.2 Å². The van der Waals surface area contributed by atoms with E-state index < -0.39 is 0 Å². The number of aromatic nitrogens is 2. The Morgan fingerprint density at radius 1 is 1.43 bits per heavy atom. The highest BCUT2D eigenvalue weighted by molar-refractivity contribution is 5.36. The van der Waals surface area contributed by atoms with Gasteiger partial charge in [-0.2, -0.15) is 10.5 Å². The molecule has 0 aliphatic heterocycles. The van der Waals surface area contributed by atoms with Crippen LogP contribution < -0.4 is 5.32 Å². The third-order valence-corrected chi connectivity index (χ3v) is 1.57. The van der Waals surface area contributed by atoms with Gasteiger partial charge in [0.2, 0.25) is 0 Å². The van der Waals surface area contributed by atoms with Crippen LogP contribution in [-0.2, 0) is 0 Å². The summed E-state index contributed by atoms with van der Waals surface area (Å²) in [5.41, 5.74) is 0.281. The Hall–Kier alpha value is -2.14. The highest BCUT2D eigenvalue weighted by Gasteiger charge is 2.02. The molecule has 0 radical (unpaired) electrons. The van der Waals surface area contributed by atoms with Crippen molar-refractivity contribution in [2.45, 2.75) is 19.4 Å². The van der Waals surface area contributed by atoms with Gasteiger partial charge in [-0.3, -0.25) is 0 Å². The molecule has 0 saturated heterocycles. The molecule has 70 valence electrons. The largest absolute Gasteiger partial charge is 0.365 e. The van der Waals surface area contributed by atoms with Gasteiger partial charge < -0.3 is 5.32 Å². The number of nitrogens with zero attached hydrogens (tertiary/aromatic N) is 4. The van der Waals surface area contributed by atoms with Gasteiger partial charge in [0, 0.05) is 6.04 Å². The summed E-state index contributed by atoms with van der Waals surface area (Å²) in [7, 11) is 0. The molecule has 0 aromatic carbocycles. The molecule has 1 atom stereocenters. The molecular formula is C9H9N5. The molecule has 0 spiro atoms. The number of anilines is 1. The minimum atomic E-state index is 0.0298. The Labute approximate surface area is 82.0 Å². The fraction of sp³-hybridized carbons (Fsp3) is 0.333. The number of hydrogen-bond donors (Lipinski definition) is 1. The zero-order chi connectivity index (χ0) is 10.4. The minimum absolute atomic E-state index is 0.0298. The molecule has 14 heavy (non-hydrogen) atoms. The van der Waals surface area contributed by atoms with Crippen LogP contribution in [0, 0.1) is 22.7 Å². The second kappa shape index (κ2) is 4.78. The van der Waals surface area contributed by atoms with E-state index in [2.05, 4.69) is 15.5 Å². The van der Waals surface area contributed by atoms with Gasteiger partial charge in [-0.15, -0.1) is 10.2 Å². The first-order valence-corrected chi connectivity index (χ1v) is 4.13. The molecule has 0 saturated carbocycles. The Balaban J connectivity index is 2.61. The molecule has 1 aromatic rings. The van der Waals surface area contributed by atoms with Crippen molar-refractivity contribution in [3.05, 3.63) is 17.8 Å². The minimum Gasteiger partial charge on any atom is -0.365 e. The summed E-state index contributed by atoms with van der Waals surface area (Å²) in [6.45, 7) is 1.88. The highest BCUT2D eigenvalue weighted by atomic mass is 15.2. The van der Waals surface area contributed by atoms with Crippen molar-refractivity contribution in [2.75, 3.05) is 5.32 Å². The lowest BCUT2D eigenvalue weighted by Gasteiger charge is -2.09. The van der Waals surface area contributed by atoms with E-state index in [1.165, 1.54) is 0 Å². The van der Waals surface area contributed by atoms with E-state index in [1.807, 2.05) is 19.1 Å². The normalized spacial score (nSPS) is 11.1. The predicted octanol–water partition coefficient (Wildman–Crippen LogP) is 1.06. The van der Waals surface area contributed by atoms with E-state index in [4.69, 9.17) is 10.5 Å². The van der Waals surface area contributed by atoms with Gasteiger partial charge in [0.05, 0.1) is 12.5 Å². The molecule has 1 rings (SSSR count). The summed E-state index contributed by atoms with van der Waals surface area (Å²) >= 11 is 0. The van der Waals surface area contributed by atoms with Gasteiger partial charge >= 0.3 is 0 Å². The molecule has 0 amide bonds. The van der Waals surface area contributed by atoms with E-state index in [9.17, 15) is 0 Å². The first-order valence-electron chi connectivity index (χ1n) is 4.13. The maximum absolute atomic E-state index is 8.48. The fourth-order valence-corrected chi connectivity index (χ4v) is 0.909. The van der Waals surface area contributed by atoms with Crippen molar-refractivity contribution in [1.29, 1.82) is 10.5 Å². The maximum atomic E-state index is 8.48. The second-order valence-electron chi connectivity index (χ2n) is 2.82. The number of hydrogen-bond acceptors (Lipinski definition) is 5. The van der Waals surface area contributed by atoms with Crippen molar-refractivity contribution >= 4 is 5.82 Å². The second-order valence-corrected chi connectivity index (χ2v) is 2.82. The van der Waals surface area contributed by atoms with E-state index in [-0.39, 0.29) is 11.7 Å². The van der Waals surface area contributed by atoms with E-state index in [0.717, 1.165) is 0 Å². The molecular weight excluding hydrogens is 178 g/mol. The van der Waals surface area contributed by atoms with Crippen LogP contribution in [0.15, 0.2) is 12.1 Å². The van der Waals surface area contributed by atoms with Crippen molar-refractivity contribution in [1.82, 2.24) is 10.2 Å². The number of nitriles is 2. The number of rotatable bonds is 3. The smallest absolute Gasteiger partial charge is 0.163 e. The van der Waals surface area contributed by atoms with Gasteiger partial charge in [0.15, 0.2) is 5.69 Å². The van der Waals surface area contributed by atoms with Crippen molar-refractivity contribution in [3.63, 3.8) is 0 Å². The lowest BCUT2D eigenvalue weighted by Crippen LogP contribution is -2.15. The standard InChI is InChI=1S/C9H9N5/c1-7(4-5-10)12-9-3-2-8(6-11)13-14-9/h2-3,7H,4H2,1H3,(H,12,14). The third-order valence-electron chi connectivity index (χ3n) is 1.57. The lowest BCUT2D eigenvalue weighted by atomic mass is 10.2. The summed E-state index contributed by atoms with van der Waals surface area (Å²) in [5.74, 6) is 0.576. The lowest BCUT2D eigenvalue weighted by molar-refractivity contribution is 0.806. The monoisotopic (exact) mass is 187 g/mol. The van der Waals surface area contributed by atoms with Crippen LogP contribution in [0.4, 0.5) is 5.82 Å². The maximum Gasteiger partial charge on any atom is 0.163 e. The Kier molecular flexibility index (Phi) is 3.40. The van der Waals surface area contributed by atoms with Crippen molar-refractivity contribution < 1.29 is 0 Å². The van der Waals surface area contributed by atoms with Crippen LogP contribution in [0.2, 0.25) is 0 Å². The van der Waals surface area contributed by atoms with Gasteiger partial charge in [-0.1, -0.05) is 0 Å². The van der Waals surface area contributed by atoms with Gasteiger partial charge in [-0.25, -0.2) is 0 Å².